The van der Waals surface area contributed by atoms with Crippen LogP contribution in [0.5, 0.6) is 5.75 Å². The summed E-state index contributed by atoms with van der Waals surface area (Å²) < 4.78 is 5.21. The van der Waals surface area contributed by atoms with Crippen LogP contribution >= 0.6 is 0 Å². The van der Waals surface area contributed by atoms with Crippen LogP contribution < -0.4 is 10.1 Å². The quantitative estimate of drug-likeness (QED) is 0.779. The normalized spacial score (nSPS) is 25.6. The van der Waals surface area contributed by atoms with E-state index in [0.717, 1.165) is 37.0 Å². The summed E-state index contributed by atoms with van der Waals surface area (Å²) in [4.78, 5) is 41.5. The van der Waals surface area contributed by atoms with Crippen molar-refractivity contribution in [3.63, 3.8) is 0 Å². The van der Waals surface area contributed by atoms with Gasteiger partial charge in [0.25, 0.3) is 0 Å². The van der Waals surface area contributed by atoms with Gasteiger partial charge in [-0.05, 0) is 43.4 Å². The maximum absolute atomic E-state index is 13.1. The number of methoxy groups -OCH3 is 1. The van der Waals surface area contributed by atoms with Gasteiger partial charge in [-0.25, -0.2) is 0 Å². The minimum atomic E-state index is -0.404. The second-order valence-electron chi connectivity index (χ2n) is 8.90. The van der Waals surface area contributed by atoms with E-state index in [4.69, 9.17) is 4.74 Å². The molecule has 1 aromatic rings. The highest BCUT2D eigenvalue weighted by Gasteiger charge is 2.55. The van der Waals surface area contributed by atoms with E-state index in [0.29, 0.717) is 32.1 Å². The Kier molecular flexibility index (Phi) is 4.29. The molecule has 0 aromatic heterocycles. The van der Waals surface area contributed by atoms with Gasteiger partial charge in [-0.15, -0.1) is 0 Å². The van der Waals surface area contributed by atoms with Crippen LogP contribution in [0.4, 0.5) is 0 Å². The highest BCUT2D eigenvalue weighted by atomic mass is 16.5. The SMILES string of the molecule is COc1ccc(C2(C(=O)N3CC(N4CC(C(=O)NC5CC5)CC4=O)C3)CC2)cc1. The maximum Gasteiger partial charge on any atom is 0.233 e. The first kappa shape index (κ1) is 18.5. The Morgan fingerprint density at radius 1 is 1.10 bits per heavy atom. The molecule has 2 saturated heterocycles. The van der Waals surface area contributed by atoms with Crippen molar-refractivity contribution >= 4 is 17.7 Å². The third-order valence-electron chi connectivity index (χ3n) is 6.85. The maximum atomic E-state index is 13.1. The number of amides is 3. The Bertz CT molecular complexity index is 838. The lowest BCUT2D eigenvalue weighted by Gasteiger charge is -2.45. The average Bonchev–Trinajstić information content (AvgIpc) is 3.61. The fourth-order valence-corrected chi connectivity index (χ4v) is 4.59. The Hall–Kier alpha value is -2.57. The van der Waals surface area contributed by atoms with E-state index in [-0.39, 0.29) is 29.7 Å². The predicted octanol–water partition coefficient (Wildman–Crippen LogP) is 1.06. The van der Waals surface area contributed by atoms with Crippen molar-refractivity contribution in [1.82, 2.24) is 15.1 Å². The van der Waals surface area contributed by atoms with Gasteiger partial charge in [-0.2, -0.15) is 0 Å². The lowest BCUT2D eigenvalue weighted by molar-refractivity contribution is -0.146. The van der Waals surface area contributed by atoms with E-state index in [1.807, 2.05) is 34.1 Å². The first-order valence-electron chi connectivity index (χ1n) is 10.5. The number of nitrogens with one attached hydrogen (secondary N) is 1. The molecule has 2 aliphatic carbocycles. The van der Waals surface area contributed by atoms with Crippen LogP contribution in [0.1, 0.15) is 37.7 Å². The number of carbonyl (C=O) groups is 3. The van der Waals surface area contributed by atoms with Crippen LogP contribution in [0.3, 0.4) is 0 Å². The third kappa shape index (κ3) is 3.26. The van der Waals surface area contributed by atoms with Gasteiger partial charge in [-0.3, -0.25) is 14.4 Å². The second-order valence-corrected chi connectivity index (χ2v) is 8.90. The van der Waals surface area contributed by atoms with Gasteiger partial charge in [0.2, 0.25) is 17.7 Å². The zero-order valence-electron chi connectivity index (χ0n) is 16.7. The summed E-state index contributed by atoms with van der Waals surface area (Å²) in [5.74, 6) is 0.741. The van der Waals surface area contributed by atoms with Crippen molar-refractivity contribution in [3.05, 3.63) is 29.8 Å². The number of benzene rings is 1. The van der Waals surface area contributed by atoms with Crippen molar-refractivity contribution in [1.29, 1.82) is 0 Å². The Morgan fingerprint density at radius 3 is 2.38 bits per heavy atom. The minimum Gasteiger partial charge on any atom is -0.497 e. The van der Waals surface area contributed by atoms with Crippen LogP contribution in [0.2, 0.25) is 0 Å². The number of ether oxygens (including phenoxy) is 1. The van der Waals surface area contributed by atoms with E-state index in [1.165, 1.54) is 0 Å². The molecule has 0 bridgehead atoms. The molecule has 2 heterocycles. The van der Waals surface area contributed by atoms with Crippen LogP contribution in [0.15, 0.2) is 24.3 Å². The molecule has 1 aromatic carbocycles. The molecule has 1 N–H and O–H groups in total. The summed E-state index contributed by atoms with van der Waals surface area (Å²) in [6.45, 7) is 1.62. The lowest BCUT2D eigenvalue weighted by Crippen LogP contribution is -2.63. The number of rotatable bonds is 6. The van der Waals surface area contributed by atoms with Gasteiger partial charge >= 0.3 is 0 Å². The molecular weight excluding hydrogens is 370 g/mol. The molecule has 0 radical (unpaired) electrons. The monoisotopic (exact) mass is 397 g/mol. The van der Waals surface area contributed by atoms with Gasteiger partial charge in [-0.1, -0.05) is 12.1 Å². The summed E-state index contributed by atoms with van der Waals surface area (Å²) in [6, 6.07) is 8.12. The van der Waals surface area contributed by atoms with E-state index in [9.17, 15) is 14.4 Å². The second kappa shape index (κ2) is 6.75. The molecule has 1 unspecified atom stereocenters. The van der Waals surface area contributed by atoms with Gasteiger partial charge < -0.3 is 19.9 Å². The fourth-order valence-electron chi connectivity index (χ4n) is 4.59. The van der Waals surface area contributed by atoms with E-state index >= 15 is 0 Å². The van der Waals surface area contributed by atoms with Crippen molar-refractivity contribution in [2.24, 2.45) is 5.92 Å². The highest BCUT2D eigenvalue weighted by Crippen LogP contribution is 2.50. The molecule has 0 spiro atoms. The predicted molar refractivity (Wildman–Crippen MR) is 105 cm³/mol. The molecule has 154 valence electrons. The number of hydrogen-bond donors (Lipinski definition) is 1. The van der Waals surface area contributed by atoms with Crippen molar-refractivity contribution < 1.29 is 19.1 Å². The number of nitrogens with zero attached hydrogens (tertiary/aromatic N) is 2. The largest absolute Gasteiger partial charge is 0.497 e. The highest BCUT2D eigenvalue weighted by molar-refractivity contribution is 5.93. The zero-order chi connectivity index (χ0) is 20.2. The first-order valence-corrected chi connectivity index (χ1v) is 10.5. The average molecular weight is 397 g/mol. The number of hydrogen-bond acceptors (Lipinski definition) is 4. The van der Waals surface area contributed by atoms with Crippen molar-refractivity contribution in [2.45, 2.75) is 49.6 Å². The molecule has 2 saturated carbocycles. The molecule has 7 heteroatoms. The van der Waals surface area contributed by atoms with Gasteiger partial charge in [0.15, 0.2) is 0 Å². The lowest BCUT2D eigenvalue weighted by atomic mass is 9.92. The first-order chi connectivity index (χ1) is 14.0. The number of likely N-dealkylation sites (tertiary alicyclic amines) is 2. The van der Waals surface area contributed by atoms with E-state index in [1.54, 1.807) is 7.11 Å². The fraction of sp³-hybridized carbons (Fsp3) is 0.591. The topological polar surface area (TPSA) is 79.0 Å². The van der Waals surface area contributed by atoms with Crippen LogP contribution in [-0.4, -0.2) is 66.3 Å². The summed E-state index contributed by atoms with van der Waals surface area (Å²) in [5.41, 5.74) is 0.639. The smallest absolute Gasteiger partial charge is 0.233 e. The van der Waals surface area contributed by atoms with Crippen LogP contribution in [-0.2, 0) is 19.8 Å². The van der Waals surface area contributed by atoms with Gasteiger partial charge in [0.05, 0.1) is 24.5 Å². The van der Waals surface area contributed by atoms with Crippen LogP contribution in [0.25, 0.3) is 0 Å². The number of carbonyl (C=O) groups excluding carboxylic acids is 3. The van der Waals surface area contributed by atoms with Crippen molar-refractivity contribution in [2.75, 3.05) is 26.7 Å². The standard InChI is InChI=1S/C22H27N3O4/c1-29-18-6-2-15(3-7-18)22(8-9-22)21(28)24-12-17(13-24)25-11-14(10-19(25)26)20(27)23-16-4-5-16/h2-3,6-7,14,16-17H,4-5,8-13H2,1H3,(H,23,27). The molecule has 1 atom stereocenters. The summed E-state index contributed by atoms with van der Waals surface area (Å²) in [7, 11) is 1.63. The molecule has 4 aliphatic rings. The van der Waals surface area contributed by atoms with Crippen LogP contribution in [0, 0.1) is 5.92 Å². The Labute approximate surface area is 170 Å². The van der Waals surface area contributed by atoms with Gasteiger partial charge in [0.1, 0.15) is 5.75 Å². The molecule has 5 rings (SSSR count). The van der Waals surface area contributed by atoms with E-state index in [2.05, 4.69) is 5.32 Å². The molecule has 7 nitrogen and oxygen atoms in total. The van der Waals surface area contributed by atoms with Crippen molar-refractivity contribution in [3.8, 4) is 5.75 Å². The Morgan fingerprint density at radius 2 is 1.79 bits per heavy atom. The molecular formula is C22H27N3O4. The minimum absolute atomic E-state index is 0.00652. The third-order valence-corrected chi connectivity index (χ3v) is 6.85. The van der Waals surface area contributed by atoms with E-state index < -0.39 is 5.41 Å². The van der Waals surface area contributed by atoms with Gasteiger partial charge in [0, 0.05) is 32.1 Å². The molecule has 2 aliphatic heterocycles. The zero-order valence-corrected chi connectivity index (χ0v) is 16.7. The summed E-state index contributed by atoms with van der Waals surface area (Å²) in [6.07, 6.45) is 4.12. The summed E-state index contributed by atoms with van der Waals surface area (Å²) >= 11 is 0. The molecule has 3 amide bonds. The molecule has 29 heavy (non-hydrogen) atoms. The summed E-state index contributed by atoms with van der Waals surface area (Å²) in [5, 5.41) is 3.00. The molecule has 4 fully saturated rings. The Balaban J connectivity index is 1.18.